The zero-order valence-corrected chi connectivity index (χ0v) is 15.3. The van der Waals surface area contributed by atoms with Crippen LogP contribution >= 0.6 is 27.3 Å². The molecule has 1 aliphatic rings. The number of fused-ring (bicyclic) bond motifs is 1. The molecule has 1 aromatic carbocycles. The average molecular weight is 409 g/mol. The van der Waals surface area contributed by atoms with Crippen molar-refractivity contribution in [3.05, 3.63) is 44.7 Å². The number of anilines is 1. The van der Waals surface area contributed by atoms with E-state index in [2.05, 4.69) is 21.2 Å². The number of nitrogens with one attached hydrogen (secondary N) is 1. The summed E-state index contributed by atoms with van der Waals surface area (Å²) in [5.74, 6) is -0.212. The van der Waals surface area contributed by atoms with Gasteiger partial charge >= 0.3 is 0 Å². The number of halogens is 1. The predicted molar refractivity (Wildman–Crippen MR) is 97.7 cm³/mol. The molecule has 3 N–H and O–H groups in total. The molecule has 0 saturated heterocycles. The van der Waals surface area contributed by atoms with Crippen LogP contribution in [0, 0.1) is 0 Å². The topological polar surface area (TPSA) is 81.4 Å². The zero-order chi connectivity index (χ0) is 17.1. The van der Waals surface area contributed by atoms with Crippen molar-refractivity contribution >= 4 is 44.1 Å². The highest BCUT2D eigenvalue weighted by Crippen LogP contribution is 2.37. The second-order valence-corrected chi connectivity index (χ2v) is 7.51. The van der Waals surface area contributed by atoms with Gasteiger partial charge < -0.3 is 15.8 Å². The number of para-hydroxylation sites is 1. The Morgan fingerprint density at radius 2 is 2.00 bits per heavy atom. The standard InChI is InChI=1S/C17H17BrN2O3S/c18-11-6-2-3-7-12(11)23-9-14(21)20-17-15(16(19)22)10-5-1-4-8-13(10)24-17/h2-3,6-7H,1,4-5,8-9H2,(H2,19,22)(H,20,21). The van der Waals surface area contributed by atoms with E-state index in [-0.39, 0.29) is 12.5 Å². The van der Waals surface area contributed by atoms with Crippen molar-refractivity contribution in [2.75, 3.05) is 11.9 Å². The lowest BCUT2D eigenvalue weighted by atomic mass is 9.95. The molecule has 0 spiro atoms. The maximum absolute atomic E-state index is 12.2. The Balaban J connectivity index is 1.71. The van der Waals surface area contributed by atoms with Crippen molar-refractivity contribution in [3.8, 4) is 5.75 Å². The number of aryl methyl sites for hydroxylation is 1. The molecule has 126 valence electrons. The van der Waals surface area contributed by atoms with Crippen LogP contribution in [0.15, 0.2) is 28.7 Å². The molecule has 0 saturated carbocycles. The van der Waals surface area contributed by atoms with E-state index in [9.17, 15) is 9.59 Å². The maximum atomic E-state index is 12.2. The number of amides is 2. The molecule has 0 atom stereocenters. The van der Waals surface area contributed by atoms with Gasteiger partial charge in [-0.3, -0.25) is 9.59 Å². The Bertz CT molecular complexity index is 788. The van der Waals surface area contributed by atoms with Gasteiger partial charge in [-0.05, 0) is 59.3 Å². The molecule has 0 bridgehead atoms. The third-order valence-corrected chi connectivity index (χ3v) is 5.73. The number of primary amides is 1. The fraction of sp³-hybridized carbons (Fsp3) is 0.294. The number of carbonyl (C=O) groups excluding carboxylic acids is 2. The van der Waals surface area contributed by atoms with Gasteiger partial charge in [-0.1, -0.05) is 12.1 Å². The van der Waals surface area contributed by atoms with Gasteiger partial charge in [0.05, 0.1) is 10.0 Å². The Morgan fingerprint density at radius 1 is 1.25 bits per heavy atom. The molecule has 0 unspecified atom stereocenters. The normalized spacial score (nSPS) is 13.2. The van der Waals surface area contributed by atoms with Crippen molar-refractivity contribution in [1.82, 2.24) is 0 Å². The third kappa shape index (κ3) is 3.62. The van der Waals surface area contributed by atoms with Crippen LogP contribution in [0.3, 0.4) is 0 Å². The molecule has 1 aromatic heterocycles. The molecule has 2 amide bonds. The number of hydrogen-bond donors (Lipinski definition) is 2. The van der Waals surface area contributed by atoms with E-state index in [1.165, 1.54) is 11.3 Å². The molecule has 1 heterocycles. The van der Waals surface area contributed by atoms with Crippen LogP contribution in [0.5, 0.6) is 5.75 Å². The predicted octanol–water partition coefficient (Wildman–Crippen LogP) is 3.51. The van der Waals surface area contributed by atoms with Gasteiger partial charge in [0.1, 0.15) is 10.8 Å². The number of hydrogen-bond acceptors (Lipinski definition) is 4. The number of benzene rings is 1. The Kier molecular flexibility index (Phi) is 5.20. The fourth-order valence-corrected chi connectivity index (χ4v) is 4.49. The van der Waals surface area contributed by atoms with Crippen LogP contribution in [0.25, 0.3) is 0 Å². The molecule has 0 fully saturated rings. The highest BCUT2D eigenvalue weighted by atomic mass is 79.9. The van der Waals surface area contributed by atoms with Gasteiger partial charge in [0.25, 0.3) is 11.8 Å². The van der Waals surface area contributed by atoms with Crippen LogP contribution in [-0.2, 0) is 17.6 Å². The number of ether oxygens (including phenoxy) is 1. The van der Waals surface area contributed by atoms with E-state index in [1.807, 2.05) is 18.2 Å². The van der Waals surface area contributed by atoms with Gasteiger partial charge in [-0.25, -0.2) is 0 Å². The number of carbonyl (C=O) groups is 2. The summed E-state index contributed by atoms with van der Waals surface area (Å²) in [5, 5.41) is 3.31. The van der Waals surface area contributed by atoms with Crippen LogP contribution in [-0.4, -0.2) is 18.4 Å². The lowest BCUT2D eigenvalue weighted by molar-refractivity contribution is -0.118. The van der Waals surface area contributed by atoms with E-state index in [1.54, 1.807) is 6.07 Å². The summed E-state index contributed by atoms with van der Waals surface area (Å²) in [5.41, 5.74) is 6.99. The first-order chi connectivity index (χ1) is 11.6. The van der Waals surface area contributed by atoms with Crippen LogP contribution < -0.4 is 15.8 Å². The number of rotatable bonds is 5. The summed E-state index contributed by atoms with van der Waals surface area (Å²) in [7, 11) is 0. The Labute approximate surface area is 152 Å². The van der Waals surface area contributed by atoms with E-state index < -0.39 is 5.91 Å². The SMILES string of the molecule is NC(=O)c1c(NC(=O)COc2ccccc2Br)sc2c1CCCC2. The van der Waals surface area contributed by atoms with Gasteiger partial charge in [0.2, 0.25) is 0 Å². The fourth-order valence-electron chi connectivity index (χ4n) is 2.78. The van der Waals surface area contributed by atoms with E-state index in [0.717, 1.165) is 40.6 Å². The minimum absolute atomic E-state index is 0.136. The second kappa shape index (κ2) is 7.36. The Morgan fingerprint density at radius 3 is 2.75 bits per heavy atom. The van der Waals surface area contributed by atoms with Gasteiger partial charge in [0.15, 0.2) is 6.61 Å². The van der Waals surface area contributed by atoms with Gasteiger partial charge in [-0.15, -0.1) is 11.3 Å². The highest BCUT2D eigenvalue weighted by Gasteiger charge is 2.25. The zero-order valence-electron chi connectivity index (χ0n) is 12.9. The maximum Gasteiger partial charge on any atom is 0.262 e. The lowest BCUT2D eigenvalue weighted by Gasteiger charge is -2.11. The average Bonchev–Trinajstić information content (AvgIpc) is 2.92. The van der Waals surface area contributed by atoms with Gasteiger partial charge in [0, 0.05) is 4.88 Å². The molecule has 24 heavy (non-hydrogen) atoms. The number of nitrogens with two attached hydrogens (primary N) is 1. The summed E-state index contributed by atoms with van der Waals surface area (Å²) in [6.45, 7) is -0.136. The monoisotopic (exact) mass is 408 g/mol. The van der Waals surface area contributed by atoms with Crippen molar-refractivity contribution in [2.24, 2.45) is 5.73 Å². The summed E-state index contributed by atoms with van der Waals surface area (Å²) in [6, 6.07) is 7.31. The summed E-state index contributed by atoms with van der Waals surface area (Å²) < 4.78 is 6.28. The van der Waals surface area contributed by atoms with E-state index in [0.29, 0.717) is 16.3 Å². The molecule has 0 aliphatic heterocycles. The first kappa shape index (κ1) is 17.0. The van der Waals surface area contributed by atoms with E-state index >= 15 is 0 Å². The largest absolute Gasteiger partial charge is 0.483 e. The van der Waals surface area contributed by atoms with Crippen LogP contribution in [0.4, 0.5) is 5.00 Å². The number of thiophene rings is 1. The third-order valence-electron chi connectivity index (χ3n) is 3.87. The first-order valence-corrected chi connectivity index (χ1v) is 9.28. The minimum Gasteiger partial charge on any atom is -0.483 e. The highest BCUT2D eigenvalue weighted by molar-refractivity contribution is 9.10. The van der Waals surface area contributed by atoms with Gasteiger partial charge in [-0.2, -0.15) is 0 Å². The summed E-state index contributed by atoms with van der Waals surface area (Å²) in [6.07, 6.45) is 3.92. The molecule has 3 rings (SSSR count). The molecule has 1 aliphatic carbocycles. The summed E-state index contributed by atoms with van der Waals surface area (Å²) >= 11 is 4.81. The molecular formula is C17H17BrN2O3S. The molecule has 2 aromatic rings. The first-order valence-electron chi connectivity index (χ1n) is 7.67. The molecule has 0 radical (unpaired) electrons. The Hall–Kier alpha value is -1.86. The van der Waals surface area contributed by atoms with Crippen molar-refractivity contribution in [3.63, 3.8) is 0 Å². The molecule has 7 heteroatoms. The lowest BCUT2D eigenvalue weighted by Crippen LogP contribution is -2.22. The van der Waals surface area contributed by atoms with Crippen LogP contribution in [0.2, 0.25) is 0 Å². The minimum atomic E-state index is -0.489. The van der Waals surface area contributed by atoms with Crippen molar-refractivity contribution in [2.45, 2.75) is 25.7 Å². The second-order valence-electron chi connectivity index (χ2n) is 5.55. The van der Waals surface area contributed by atoms with Crippen molar-refractivity contribution in [1.29, 1.82) is 0 Å². The summed E-state index contributed by atoms with van der Waals surface area (Å²) in [4.78, 5) is 25.1. The molecule has 5 nitrogen and oxygen atoms in total. The van der Waals surface area contributed by atoms with Crippen LogP contribution in [0.1, 0.15) is 33.6 Å². The van der Waals surface area contributed by atoms with E-state index in [4.69, 9.17) is 10.5 Å². The van der Waals surface area contributed by atoms with Crippen molar-refractivity contribution < 1.29 is 14.3 Å². The smallest absolute Gasteiger partial charge is 0.262 e. The quantitative estimate of drug-likeness (QED) is 0.793. The molecular weight excluding hydrogens is 392 g/mol.